The van der Waals surface area contributed by atoms with E-state index in [-0.39, 0.29) is 23.6 Å². The zero-order chi connectivity index (χ0) is 13.1. The molecule has 0 amide bonds. The summed E-state index contributed by atoms with van der Waals surface area (Å²) in [6.45, 7) is 2.48. The molecule has 0 aliphatic carbocycles. The van der Waals surface area contributed by atoms with Gasteiger partial charge in [-0.15, -0.1) is 0 Å². The van der Waals surface area contributed by atoms with E-state index in [9.17, 15) is 13.6 Å². The van der Waals surface area contributed by atoms with Crippen molar-refractivity contribution in [1.82, 2.24) is 9.55 Å². The Bertz CT molecular complexity index is 578. The molecule has 5 heteroatoms. The SMILES string of the molecule is CCn1ccnc1C(=O)Cc1cccc(F)c1F. The predicted molar refractivity (Wildman–Crippen MR) is 62.3 cm³/mol. The number of benzene rings is 1. The van der Waals surface area contributed by atoms with Gasteiger partial charge in [0.25, 0.3) is 0 Å². The van der Waals surface area contributed by atoms with E-state index in [0.717, 1.165) is 6.07 Å². The van der Waals surface area contributed by atoms with Crippen molar-refractivity contribution in [3.8, 4) is 0 Å². The largest absolute Gasteiger partial charge is 0.329 e. The van der Waals surface area contributed by atoms with Gasteiger partial charge >= 0.3 is 0 Å². The number of aryl methyl sites for hydroxylation is 1. The molecule has 1 aromatic heterocycles. The van der Waals surface area contributed by atoms with Gasteiger partial charge < -0.3 is 4.57 Å². The molecule has 1 heterocycles. The van der Waals surface area contributed by atoms with Crippen molar-refractivity contribution in [2.75, 3.05) is 0 Å². The first-order valence-corrected chi connectivity index (χ1v) is 5.60. The van der Waals surface area contributed by atoms with Crippen LogP contribution in [0.3, 0.4) is 0 Å². The molecule has 2 rings (SSSR count). The molecule has 0 aliphatic heterocycles. The highest BCUT2D eigenvalue weighted by Gasteiger charge is 2.16. The van der Waals surface area contributed by atoms with E-state index < -0.39 is 11.6 Å². The van der Waals surface area contributed by atoms with Gasteiger partial charge in [0.05, 0.1) is 0 Å². The fourth-order valence-electron chi connectivity index (χ4n) is 1.75. The molecule has 0 saturated heterocycles. The van der Waals surface area contributed by atoms with Gasteiger partial charge in [0.15, 0.2) is 17.5 Å². The van der Waals surface area contributed by atoms with Crippen LogP contribution in [0.15, 0.2) is 30.6 Å². The molecule has 0 aliphatic rings. The summed E-state index contributed by atoms with van der Waals surface area (Å²) in [7, 11) is 0. The van der Waals surface area contributed by atoms with Crippen molar-refractivity contribution in [2.45, 2.75) is 19.9 Å². The Kier molecular flexibility index (Phi) is 3.50. The van der Waals surface area contributed by atoms with Gasteiger partial charge in [0.1, 0.15) is 0 Å². The second kappa shape index (κ2) is 5.08. The van der Waals surface area contributed by atoms with Crippen LogP contribution in [0.2, 0.25) is 0 Å². The summed E-state index contributed by atoms with van der Waals surface area (Å²) in [4.78, 5) is 15.9. The Morgan fingerprint density at radius 3 is 2.89 bits per heavy atom. The van der Waals surface area contributed by atoms with Crippen LogP contribution in [0.4, 0.5) is 8.78 Å². The highest BCUT2D eigenvalue weighted by molar-refractivity contribution is 5.94. The van der Waals surface area contributed by atoms with Crippen molar-refractivity contribution >= 4 is 5.78 Å². The average Bonchev–Trinajstić information content (AvgIpc) is 2.83. The number of hydrogen-bond acceptors (Lipinski definition) is 2. The Balaban J connectivity index is 2.24. The molecular weight excluding hydrogens is 238 g/mol. The summed E-state index contributed by atoms with van der Waals surface area (Å²) < 4.78 is 28.1. The molecular formula is C13H12F2N2O. The average molecular weight is 250 g/mol. The van der Waals surface area contributed by atoms with Gasteiger partial charge in [-0.1, -0.05) is 12.1 Å². The van der Waals surface area contributed by atoms with Crippen LogP contribution in [0.25, 0.3) is 0 Å². The minimum atomic E-state index is -0.972. The first kappa shape index (κ1) is 12.4. The molecule has 3 nitrogen and oxygen atoms in total. The van der Waals surface area contributed by atoms with Gasteiger partial charge in [-0.3, -0.25) is 4.79 Å². The highest BCUT2D eigenvalue weighted by Crippen LogP contribution is 2.14. The van der Waals surface area contributed by atoms with E-state index >= 15 is 0 Å². The van der Waals surface area contributed by atoms with E-state index in [1.54, 1.807) is 10.8 Å². The van der Waals surface area contributed by atoms with Crippen LogP contribution in [-0.4, -0.2) is 15.3 Å². The third-order valence-corrected chi connectivity index (χ3v) is 2.69. The van der Waals surface area contributed by atoms with Crippen LogP contribution < -0.4 is 0 Å². The van der Waals surface area contributed by atoms with Crippen molar-refractivity contribution in [1.29, 1.82) is 0 Å². The quantitative estimate of drug-likeness (QED) is 0.782. The van der Waals surface area contributed by atoms with E-state index in [0.29, 0.717) is 6.54 Å². The second-order valence-electron chi connectivity index (χ2n) is 3.85. The fraction of sp³-hybridized carbons (Fsp3) is 0.231. The van der Waals surface area contributed by atoms with Crippen LogP contribution in [0.5, 0.6) is 0 Å². The van der Waals surface area contributed by atoms with Crippen LogP contribution in [-0.2, 0) is 13.0 Å². The lowest BCUT2D eigenvalue weighted by atomic mass is 10.1. The number of nitrogens with zero attached hydrogens (tertiary/aromatic N) is 2. The van der Waals surface area contributed by atoms with Crippen LogP contribution >= 0.6 is 0 Å². The first-order chi connectivity index (χ1) is 8.63. The highest BCUT2D eigenvalue weighted by atomic mass is 19.2. The summed E-state index contributed by atoms with van der Waals surface area (Å²) in [6.07, 6.45) is 2.99. The molecule has 0 unspecified atom stereocenters. The lowest BCUT2D eigenvalue weighted by Gasteiger charge is -2.05. The van der Waals surface area contributed by atoms with Gasteiger partial charge in [0, 0.05) is 25.4 Å². The summed E-state index contributed by atoms with van der Waals surface area (Å²) in [5.74, 6) is -1.98. The normalized spacial score (nSPS) is 10.6. The minimum Gasteiger partial charge on any atom is -0.329 e. The summed E-state index contributed by atoms with van der Waals surface area (Å²) in [5.41, 5.74) is 0.0469. The molecule has 0 atom stereocenters. The smallest absolute Gasteiger partial charge is 0.202 e. The van der Waals surface area contributed by atoms with Crippen molar-refractivity contribution in [2.24, 2.45) is 0 Å². The predicted octanol–water partition coefficient (Wildman–Crippen LogP) is 2.61. The number of rotatable bonds is 4. The van der Waals surface area contributed by atoms with Crippen molar-refractivity contribution < 1.29 is 13.6 Å². The van der Waals surface area contributed by atoms with E-state index in [2.05, 4.69) is 4.98 Å². The third-order valence-electron chi connectivity index (χ3n) is 2.69. The summed E-state index contributed by atoms with van der Waals surface area (Å²) >= 11 is 0. The topological polar surface area (TPSA) is 34.9 Å². The Labute approximate surface area is 103 Å². The van der Waals surface area contributed by atoms with Crippen LogP contribution in [0.1, 0.15) is 23.1 Å². The number of carbonyl (C=O) groups is 1. The van der Waals surface area contributed by atoms with Gasteiger partial charge in [-0.2, -0.15) is 0 Å². The number of imidazole rings is 1. The van der Waals surface area contributed by atoms with E-state index in [1.807, 2.05) is 6.92 Å². The number of Topliss-reactive ketones (excluding diaryl/α,β-unsaturated/α-hetero) is 1. The second-order valence-corrected chi connectivity index (χ2v) is 3.85. The fourth-order valence-corrected chi connectivity index (χ4v) is 1.75. The number of aromatic nitrogens is 2. The maximum atomic E-state index is 13.4. The zero-order valence-corrected chi connectivity index (χ0v) is 9.86. The monoisotopic (exact) mass is 250 g/mol. The molecule has 94 valence electrons. The lowest BCUT2D eigenvalue weighted by molar-refractivity contribution is 0.0977. The third kappa shape index (κ3) is 2.30. The van der Waals surface area contributed by atoms with Crippen molar-refractivity contribution in [3.05, 3.63) is 53.6 Å². The number of ketones is 1. The standard InChI is InChI=1S/C13H12F2N2O/c1-2-17-7-6-16-13(17)11(18)8-9-4-3-5-10(14)12(9)15/h3-7H,2,8H2,1H3. The van der Waals surface area contributed by atoms with E-state index in [4.69, 9.17) is 0 Å². The molecule has 0 saturated carbocycles. The maximum Gasteiger partial charge on any atom is 0.202 e. The molecule has 0 fully saturated rings. The molecule has 0 radical (unpaired) electrons. The molecule has 0 N–H and O–H groups in total. The van der Waals surface area contributed by atoms with Gasteiger partial charge in [-0.25, -0.2) is 13.8 Å². The molecule has 2 aromatic rings. The maximum absolute atomic E-state index is 13.4. The Morgan fingerprint density at radius 1 is 1.39 bits per heavy atom. The van der Waals surface area contributed by atoms with Gasteiger partial charge in [-0.05, 0) is 18.6 Å². The molecule has 18 heavy (non-hydrogen) atoms. The first-order valence-electron chi connectivity index (χ1n) is 5.60. The zero-order valence-electron chi connectivity index (χ0n) is 9.86. The molecule has 0 spiro atoms. The Hall–Kier alpha value is -2.04. The van der Waals surface area contributed by atoms with Gasteiger partial charge in [0.2, 0.25) is 5.78 Å². The van der Waals surface area contributed by atoms with E-state index in [1.165, 1.54) is 18.3 Å². The van der Waals surface area contributed by atoms with Crippen LogP contribution in [0, 0.1) is 11.6 Å². The number of halogens is 2. The lowest BCUT2D eigenvalue weighted by Crippen LogP contribution is -2.13. The molecule has 0 bridgehead atoms. The Morgan fingerprint density at radius 2 is 2.17 bits per heavy atom. The minimum absolute atomic E-state index is 0.0469. The summed E-state index contributed by atoms with van der Waals surface area (Å²) in [5, 5.41) is 0. The number of hydrogen-bond donors (Lipinski definition) is 0. The number of carbonyl (C=O) groups excluding carboxylic acids is 1. The van der Waals surface area contributed by atoms with Crippen molar-refractivity contribution in [3.63, 3.8) is 0 Å². The molecule has 1 aromatic carbocycles. The summed E-state index contributed by atoms with van der Waals surface area (Å²) in [6, 6.07) is 3.80.